The fourth-order valence-corrected chi connectivity index (χ4v) is 5.53. The molecule has 0 aliphatic carbocycles. The van der Waals surface area contributed by atoms with Crippen LogP contribution in [-0.2, 0) is 24.8 Å². The highest BCUT2D eigenvalue weighted by atomic mass is 16.2. The highest BCUT2D eigenvalue weighted by Gasteiger charge is 2.33. The highest BCUT2D eigenvalue weighted by Crippen LogP contribution is 2.24. The van der Waals surface area contributed by atoms with Crippen molar-refractivity contribution in [1.29, 1.82) is 0 Å². The number of tetrazole rings is 1. The van der Waals surface area contributed by atoms with E-state index in [9.17, 15) is 4.79 Å². The van der Waals surface area contributed by atoms with Crippen molar-refractivity contribution >= 4 is 11.7 Å². The molecule has 3 aromatic heterocycles. The van der Waals surface area contributed by atoms with E-state index < -0.39 is 0 Å². The summed E-state index contributed by atoms with van der Waals surface area (Å²) in [6.07, 6.45) is 4.66. The van der Waals surface area contributed by atoms with Crippen molar-refractivity contribution in [2.75, 3.05) is 31.1 Å². The molecule has 2 aliphatic heterocycles. The molecule has 1 saturated heterocycles. The van der Waals surface area contributed by atoms with Crippen LogP contribution in [-0.4, -0.2) is 88.9 Å². The van der Waals surface area contributed by atoms with E-state index in [0.29, 0.717) is 25.5 Å². The number of aromatic nitrogens is 7. The minimum Gasteiger partial charge on any atom is -0.354 e. The van der Waals surface area contributed by atoms with Crippen molar-refractivity contribution in [3.05, 3.63) is 66.1 Å². The Hall–Kier alpha value is -4.12. The van der Waals surface area contributed by atoms with Crippen LogP contribution in [0.3, 0.4) is 0 Å². The highest BCUT2D eigenvalue weighted by molar-refractivity contribution is 5.78. The normalized spacial score (nSPS) is 20.0. The van der Waals surface area contributed by atoms with E-state index in [0.717, 1.165) is 47.8 Å². The summed E-state index contributed by atoms with van der Waals surface area (Å²) in [5, 5.41) is 16.4. The molecule has 0 spiro atoms. The average molecular weight is 513 g/mol. The summed E-state index contributed by atoms with van der Waals surface area (Å²) >= 11 is 0. The molecule has 1 amide bonds. The van der Waals surface area contributed by atoms with Crippen LogP contribution in [0.2, 0.25) is 0 Å². The summed E-state index contributed by atoms with van der Waals surface area (Å²) in [6, 6.07) is 14.6. The molecular formula is C27H32N10O. The lowest BCUT2D eigenvalue weighted by atomic mass is 10.1. The second kappa shape index (κ2) is 9.97. The van der Waals surface area contributed by atoms with Gasteiger partial charge in [-0.3, -0.25) is 9.69 Å². The molecule has 0 bridgehead atoms. The number of aryl methyl sites for hydroxylation is 1. The zero-order valence-electron chi connectivity index (χ0n) is 22.0. The lowest BCUT2D eigenvalue weighted by Crippen LogP contribution is -2.59. The third kappa shape index (κ3) is 4.65. The number of carbonyl (C=O) groups is 1. The smallest absolute Gasteiger partial charge is 0.237 e. The van der Waals surface area contributed by atoms with Crippen LogP contribution >= 0.6 is 0 Å². The first kappa shape index (κ1) is 24.2. The lowest BCUT2D eigenvalue weighted by molar-refractivity contribution is -0.134. The fraction of sp³-hybridized carbons (Fsp3) is 0.407. The van der Waals surface area contributed by atoms with Gasteiger partial charge >= 0.3 is 0 Å². The second-order valence-corrected chi connectivity index (χ2v) is 10.3. The van der Waals surface area contributed by atoms with Crippen molar-refractivity contribution in [2.24, 2.45) is 7.05 Å². The van der Waals surface area contributed by atoms with E-state index in [1.807, 2.05) is 65.3 Å². The summed E-state index contributed by atoms with van der Waals surface area (Å²) in [4.78, 5) is 24.7. The van der Waals surface area contributed by atoms with Gasteiger partial charge < -0.3 is 9.80 Å². The Morgan fingerprint density at radius 1 is 1.05 bits per heavy atom. The van der Waals surface area contributed by atoms with Gasteiger partial charge in [-0.15, -0.1) is 5.10 Å². The molecule has 0 radical (unpaired) electrons. The van der Waals surface area contributed by atoms with Crippen LogP contribution < -0.4 is 4.90 Å². The first-order valence-corrected chi connectivity index (χ1v) is 13.1. The molecule has 11 nitrogen and oxygen atoms in total. The topological polar surface area (TPSA) is 101 Å². The number of rotatable bonds is 5. The predicted molar refractivity (Wildman–Crippen MR) is 143 cm³/mol. The van der Waals surface area contributed by atoms with Gasteiger partial charge in [0.1, 0.15) is 5.82 Å². The molecule has 6 rings (SSSR count). The molecule has 1 aromatic carbocycles. The van der Waals surface area contributed by atoms with Crippen molar-refractivity contribution in [3.8, 4) is 17.1 Å². The molecule has 196 valence electrons. The molecular weight excluding hydrogens is 480 g/mol. The predicted octanol–water partition coefficient (Wildman–Crippen LogP) is 1.94. The number of carbonyl (C=O) groups excluding carboxylic acids is 1. The van der Waals surface area contributed by atoms with E-state index in [1.165, 1.54) is 0 Å². The van der Waals surface area contributed by atoms with Crippen LogP contribution in [0, 0.1) is 0 Å². The number of hydrogen-bond donors (Lipinski definition) is 0. The van der Waals surface area contributed by atoms with Gasteiger partial charge in [0.2, 0.25) is 5.91 Å². The number of fused-ring (bicyclic) bond motifs is 1. The number of piperazine rings is 1. The zero-order valence-corrected chi connectivity index (χ0v) is 22.0. The van der Waals surface area contributed by atoms with Gasteiger partial charge in [0, 0.05) is 75.3 Å². The van der Waals surface area contributed by atoms with Crippen molar-refractivity contribution in [1.82, 2.24) is 44.8 Å². The van der Waals surface area contributed by atoms with Crippen molar-refractivity contribution in [3.63, 3.8) is 0 Å². The average Bonchev–Trinajstić information content (AvgIpc) is 3.57. The van der Waals surface area contributed by atoms with Crippen LogP contribution in [0.15, 0.2) is 54.9 Å². The second-order valence-electron chi connectivity index (χ2n) is 10.3. The van der Waals surface area contributed by atoms with E-state index >= 15 is 0 Å². The summed E-state index contributed by atoms with van der Waals surface area (Å²) in [5.41, 5.74) is 4.13. The molecule has 1 fully saturated rings. The number of benzene rings is 1. The van der Waals surface area contributed by atoms with Crippen LogP contribution in [0.4, 0.5) is 5.82 Å². The molecule has 4 aromatic rings. The maximum Gasteiger partial charge on any atom is 0.237 e. The largest absolute Gasteiger partial charge is 0.354 e. The van der Waals surface area contributed by atoms with Gasteiger partial charge in [0.15, 0.2) is 5.82 Å². The third-order valence-corrected chi connectivity index (χ3v) is 7.60. The molecule has 11 heteroatoms. The van der Waals surface area contributed by atoms with E-state index in [-0.39, 0.29) is 18.0 Å². The molecule has 2 unspecified atom stereocenters. The molecule has 2 atom stereocenters. The Bertz CT molecular complexity index is 1400. The van der Waals surface area contributed by atoms with Gasteiger partial charge in [-0.1, -0.05) is 18.2 Å². The molecule has 5 heterocycles. The summed E-state index contributed by atoms with van der Waals surface area (Å²) < 4.78 is 3.56. The first-order valence-electron chi connectivity index (χ1n) is 13.1. The Balaban J connectivity index is 1.08. The monoisotopic (exact) mass is 512 g/mol. The number of para-hydroxylation sites is 1. The van der Waals surface area contributed by atoms with Crippen LogP contribution in [0.1, 0.15) is 25.1 Å². The standard InChI is InChI=1S/C27H32N10O/c1-19-14-35(25-10-9-21(13-28-25)27-29-31-32-33(27)3)15-20(2)36(19)18-26(38)34-12-11-24-22(16-34)17-37(30-24)23-7-5-4-6-8-23/h4-10,13,17,19-20H,11-12,14-16,18H2,1-3H3. The zero-order chi connectivity index (χ0) is 26.2. The SMILES string of the molecule is CC1CN(c2ccc(-c3nnnn3C)cn2)CC(C)N1CC(=O)N1CCc2nn(-c3ccccc3)cc2C1. The Morgan fingerprint density at radius 2 is 1.84 bits per heavy atom. The Labute approximate surface area is 221 Å². The van der Waals surface area contributed by atoms with Crippen molar-refractivity contribution < 1.29 is 4.79 Å². The van der Waals surface area contributed by atoms with Crippen LogP contribution in [0.5, 0.6) is 0 Å². The molecule has 0 saturated carbocycles. The number of amides is 1. The third-order valence-electron chi connectivity index (χ3n) is 7.60. The first-order chi connectivity index (χ1) is 18.5. The van der Waals surface area contributed by atoms with E-state index in [4.69, 9.17) is 5.10 Å². The van der Waals surface area contributed by atoms with Crippen LogP contribution in [0.25, 0.3) is 17.1 Å². The van der Waals surface area contributed by atoms with E-state index in [1.54, 1.807) is 4.68 Å². The summed E-state index contributed by atoms with van der Waals surface area (Å²) in [5.74, 6) is 1.79. The lowest BCUT2D eigenvalue weighted by Gasteiger charge is -2.45. The number of nitrogens with zero attached hydrogens (tertiary/aromatic N) is 10. The van der Waals surface area contributed by atoms with E-state index in [2.05, 4.69) is 50.4 Å². The van der Waals surface area contributed by atoms with Gasteiger partial charge in [-0.05, 0) is 48.5 Å². The van der Waals surface area contributed by atoms with Gasteiger partial charge in [-0.2, -0.15) is 5.10 Å². The maximum atomic E-state index is 13.4. The van der Waals surface area contributed by atoms with Gasteiger partial charge in [-0.25, -0.2) is 14.3 Å². The van der Waals surface area contributed by atoms with Gasteiger partial charge in [0.25, 0.3) is 0 Å². The molecule has 0 N–H and O–H groups in total. The van der Waals surface area contributed by atoms with Gasteiger partial charge in [0.05, 0.1) is 17.9 Å². The summed E-state index contributed by atoms with van der Waals surface area (Å²) in [6.45, 7) is 7.73. The molecule has 38 heavy (non-hydrogen) atoms. The number of hydrogen-bond acceptors (Lipinski definition) is 8. The van der Waals surface area contributed by atoms with Crippen molar-refractivity contribution in [2.45, 2.75) is 38.9 Å². The minimum atomic E-state index is 0.176. The number of anilines is 1. The maximum absolute atomic E-state index is 13.4. The quantitative estimate of drug-likeness (QED) is 0.400. The summed E-state index contributed by atoms with van der Waals surface area (Å²) in [7, 11) is 1.81. The molecule has 2 aliphatic rings. The Kier molecular flexibility index (Phi) is 6.36. The fourth-order valence-electron chi connectivity index (χ4n) is 5.53. The minimum absolute atomic E-state index is 0.176. The number of pyridine rings is 1. The Morgan fingerprint density at radius 3 is 2.53 bits per heavy atom.